The third-order valence-electron chi connectivity index (χ3n) is 5.64. The smallest absolute Gasteiger partial charge is 0.268 e. The van der Waals surface area contributed by atoms with Crippen molar-refractivity contribution in [2.75, 3.05) is 36.0 Å². The number of benzene rings is 1. The predicted octanol–water partition coefficient (Wildman–Crippen LogP) is 2.16. The fourth-order valence-corrected chi connectivity index (χ4v) is 3.81. The number of aryl methyl sites for hydroxylation is 1. The summed E-state index contributed by atoms with van der Waals surface area (Å²) < 4.78 is 1.31. The second kappa shape index (κ2) is 9.58. The molecule has 1 N–H and O–H groups in total. The molecule has 0 saturated carbocycles. The summed E-state index contributed by atoms with van der Waals surface area (Å²) >= 11 is 0. The van der Waals surface area contributed by atoms with E-state index in [0.717, 1.165) is 43.7 Å². The Morgan fingerprint density at radius 2 is 1.97 bits per heavy atom. The lowest BCUT2D eigenvalue weighted by molar-refractivity contribution is -0.125. The van der Waals surface area contributed by atoms with Crippen LogP contribution in [0.1, 0.15) is 32.3 Å². The van der Waals surface area contributed by atoms with Crippen molar-refractivity contribution in [3.05, 3.63) is 52.4 Å². The molecule has 2 heterocycles. The number of nitrogens with zero attached hydrogens (tertiary/aromatic N) is 4. The van der Waals surface area contributed by atoms with Crippen LogP contribution in [0.15, 0.2) is 41.3 Å². The van der Waals surface area contributed by atoms with Gasteiger partial charge in [-0.25, -0.2) is 4.68 Å². The highest BCUT2D eigenvalue weighted by Crippen LogP contribution is 2.22. The summed E-state index contributed by atoms with van der Waals surface area (Å²) in [6.45, 7) is 8.23. The van der Waals surface area contributed by atoms with E-state index in [4.69, 9.17) is 0 Å². The zero-order chi connectivity index (χ0) is 20.8. The molecule has 7 nitrogen and oxygen atoms in total. The van der Waals surface area contributed by atoms with E-state index in [1.54, 1.807) is 19.3 Å². The number of piperidine rings is 1. The Kier molecular flexibility index (Phi) is 6.90. The van der Waals surface area contributed by atoms with E-state index < -0.39 is 0 Å². The van der Waals surface area contributed by atoms with Crippen molar-refractivity contribution in [2.24, 2.45) is 13.0 Å². The zero-order valence-corrected chi connectivity index (χ0v) is 17.6. The van der Waals surface area contributed by atoms with Gasteiger partial charge in [0.05, 0.1) is 17.8 Å². The van der Waals surface area contributed by atoms with Crippen molar-refractivity contribution in [3.8, 4) is 0 Å². The Hall–Kier alpha value is -2.83. The van der Waals surface area contributed by atoms with E-state index >= 15 is 0 Å². The topological polar surface area (TPSA) is 70.5 Å². The molecule has 1 aromatic carbocycles. The second-order valence-electron chi connectivity index (χ2n) is 7.52. The number of carbonyl (C=O) groups is 1. The number of amides is 1. The molecule has 0 spiro atoms. The van der Waals surface area contributed by atoms with E-state index in [1.807, 2.05) is 0 Å². The van der Waals surface area contributed by atoms with Crippen LogP contribution in [0.4, 0.5) is 11.4 Å². The van der Waals surface area contributed by atoms with Crippen LogP contribution in [0.25, 0.3) is 0 Å². The minimum absolute atomic E-state index is 0.0688. The first-order chi connectivity index (χ1) is 14.0. The van der Waals surface area contributed by atoms with Crippen molar-refractivity contribution in [1.82, 2.24) is 15.1 Å². The predicted molar refractivity (Wildman–Crippen MR) is 116 cm³/mol. The first kappa shape index (κ1) is 20.9. The minimum Gasteiger partial charge on any atom is -0.372 e. The molecular formula is C22H31N5O2. The number of hydrogen-bond acceptors (Lipinski definition) is 5. The van der Waals surface area contributed by atoms with E-state index in [0.29, 0.717) is 13.1 Å². The lowest BCUT2D eigenvalue weighted by atomic mass is 9.96. The molecule has 1 fully saturated rings. The largest absolute Gasteiger partial charge is 0.372 e. The molecule has 1 atom stereocenters. The molecule has 1 saturated heterocycles. The van der Waals surface area contributed by atoms with Crippen LogP contribution in [0, 0.1) is 5.92 Å². The van der Waals surface area contributed by atoms with Crippen molar-refractivity contribution in [1.29, 1.82) is 0 Å². The zero-order valence-electron chi connectivity index (χ0n) is 17.6. The fourth-order valence-electron chi connectivity index (χ4n) is 3.81. The molecule has 0 radical (unpaired) electrons. The average Bonchev–Trinajstić information content (AvgIpc) is 2.76. The minimum atomic E-state index is -0.137. The lowest BCUT2D eigenvalue weighted by Gasteiger charge is -2.33. The monoisotopic (exact) mass is 397 g/mol. The Balaban J connectivity index is 1.56. The Morgan fingerprint density at radius 3 is 2.62 bits per heavy atom. The number of rotatable bonds is 7. The van der Waals surface area contributed by atoms with Gasteiger partial charge in [0.25, 0.3) is 5.56 Å². The highest BCUT2D eigenvalue weighted by Gasteiger charge is 2.26. The maximum absolute atomic E-state index is 12.7. The molecule has 7 heteroatoms. The first-order valence-corrected chi connectivity index (χ1v) is 10.4. The fraction of sp³-hybridized carbons (Fsp3) is 0.500. The van der Waals surface area contributed by atoms with Crippen molar-refractivity contribution in [2.45, 2.75) is 33.2 Å². The van der Waals surface area contributed by atoms with Crippen molar-refractivity contribution < 1.29 is 4.79 Å². The van der Waals surface area contributed by atoms with Gasteiger partial charge in [0, 0.05) is 51.5 Å². The quantitative estimate of drug-likeness (QED) is 0.775. The van der Waals surface area contributed by atoms with Crippen molar-refractivity contribution >= 4 is 17.3 Å². The molecule has 1 aliphatic rings. The Labute approximate surface area is 172 Å². The highest BCUT2D eigenvalue weighted by atomic mass is 16.2. The summed E-state index contributed by atoms with van der Waals surface area (Å²) in [7, 11) is 1.63. The van der Waals surface area contributed by atoms with Crippen molar-refractivity contribution in [3.63, 3.8) is 0 Å². The van der Waals surface area contributed by atoms with Gasteiger partial charge < -0.3 is 15.1 Å². The molecule has 0 unspecified atom stereocenters. The molecule has 0 bridgehead atoms. The molecule has 0 aliphatic carbocycles. The summed E-state index contributed by atoms with van der Waals surface area (Å²) in [5.74, 6) is -0.0120. The number of nitrogens with one attached hydrogen (secondary N) is 1. The van der Waals surface area contributed by atoms with Gasteiger partial charge in [-0.1, -0.05) is 12.1 Å². The summed E-state index contributed by atoms with van der Waals surface area (Å²) in [5, 5.41) is 7.17. The molecule has 1 aliphatic heterocycles. The van der Waals surface area contributed by atoms with Gasteiger partial charge in [0.2, 0.25) is 5.91 Å². The third kappa shape index (κ3) is 5.16. The third-order valence-corrected chi connectivity index (χ3v) is 5.64. The molecule has 156 valence electrons. The van der Waals surface area contributed by atoms with Gasteiger partial charge in [0.1, 0.15) is 0 Å². The highest BCUT2D eigenvalue weighted by molar-refractivity contribution is 5.79. The van der Waals surface area contributed by atoms with Gasteiger partial charge in [-0.15, -0.1) is 0 Å². The van der Waals surface area contributed by atoms with Gasteiger partial charge in [-0.2, -0.15) is 5.10 Å². The summed E-state index contributed by atoms with van der Waals surface area (Å²) in [6.07, 6.45) is 3.48. The van der Waals surface area contributed by atoms with E-state index in [1.165, 1.54) is 10.4 Å². The number of aromatic nitrogens is 2. The first-order valence-electron chi connectivity index (χ1n) is 10.4. The lowest BCUT2D eigenvalue weighted by Crippen LogP contribution is -2.43. The summed E-state index contributed by atoms with van der Waals surface area (Å²) in [5.41, 5.74) is 2.95. The molecular weight excluding hydrogens is 366 g/mol. The van der Waals surface area contributed by atoms with Crippen LogP contribution in [0.3, 0.4) is 0 Å². The van der Waals surface area contributed by atoms with Gasteiger partial charge in [-0.3, -0.25) is 9.59 Å². The second-order valence-corrected chi connectivity index (χ2v) is 7.52. The van der Waals surface area contributed by atoms with Crippen LogP contribution in [0.2, 0.25) is 0 Å². The normalized spacial score (nSPS) is 16.5. The van der Waals surface area contributed by atoms with Gasteiger partial charge >= 0.3 is 0 Å². The van der Waals surface area contributed by atoms with Gasteiger partial charge in [-0.05, 0) is 44.4 Å². The molecule has 29 heavy (non-hydrogen) atoms. The SMILES string of the molecule is CCN(CC)c1ccc(CNC(=O)[C@@H]2CCCN(c3cnn(C)c(=O)c3)C2)cc1. The molecule has 1 amide bonds. The van der Waals surface area contributed by atoms with Crippen LogP contribution in [-0.4, -0.2) is 41.9 Å². The average molecular weight is 398 g/mol. The van der Waals surface area contributed by atoms with Crippen LogP contribution >= 0.6 is 0 Å². The number of hydrogen-bond donors (Lipinski definition) is 1. The molecule has 3 rings (SSSR count). The number of anilines is 2. The summed E-state index contributed by atoms with van der Waals surface area (Å²) in [4.78, 5) is 28.9. The Morgan fingerprint density at radius 1 is 1.24 bits per heavy atom. The molecule has 1 aromatic heterocycles. The van der Waals surface area contributed by atoms with E-state index in [-0.39, 0.29) is 17.4 Å². The standard InChI is InChI=1S/C22H31N5O2/c1-4-26(5-2)19-10-8-17(9-11-19)14-23-22(29)18-7-6-12-27(16-18)20-13-21(28)25(3)24-15-20/h8-11,13,15,18H,4-7,12,14,16H2,1-3H3,(H,23,29)/t18-/m1/s1. The van der Waals surface area contributed by atoms with Crippen LogP contribution in [-0.2, 0) is 18.4 Å². The van der Waals surface area contributed by atoms with Crippen LogP contribution in [0.5, 0.6) is 0 Å². The van der Waals surface area contributed by atoms with E-state index in [9.17, 15) is 9.59 Å². The Bertz CT molecular complexity index is 874. The maximum atomic E-state index is 12.7. The van der Waals surface area contributed by atoms with E-state index in [2.05, 4.69) is 58.3 Å². The maximum Gasteiger partial charge on any atom is 0.268 e. The summed E-state index contributed by atoms with van der Waals surface area (Å²) in [6, 6.07) is 9.96. The van der Waals surface area contributed by atoms with Gasteiger partial charge in [0.15, 0.2) is 0 Å². The molecule has 2 aromatic rings. The number of carbonyl (C=O) groups excluding carboxylic acids is 1. The van der Waals surface area contributed by atoms with Crippen LogP contribution < -0.4 is 20.7 Å².